The Morgan fingerprint density at radius 1 is 1.13 bits per heavy atom. The number of imidazole rings is 1. The molecule has 1 aliphatic rings. The van der Waals surface area contributed by atoms with Gasteiger partial charge in [0.05, 0.1) is 19.5 Å². The average Bonchev–Trinajstić information content (AvgIpc) is 3.60. The smallest absolute Gasteiger partial charge is 1.00 e. The van der Waals surface area contributed by atoms with Crippen LogP contribution in [0.3, 0.4) is 0 Å². The fourth-order valence-corrected chi connectivity index (χ4v) is 7.49. The molecule has 24 nitrogen and oxygen atoms in total. The fourth-order valence-electron chi connectivity index (χ4n) is 4.27. The Hall–Kier alpha value is -1.44. The van der Waals surface area contributed by atoms with Crippen LogP contribution in [0.2, 0.25) is 0 Å². The number of hydrogen-bond donors (Lipinski definition) is 9. The summed E-state index contributed by atoms with van der Waals surface area (Å²) in [6.07, 6.45) is -7.16. The van der Waals surface area contributed by atoms with Gasteiger partial charge in [-0.25, -0.2) is 28.6 Å². The van der Waals surface area contributed by atoms with Crippen molar-refractivity contribution in [1.29, 1.82) is 0 Å². The van der Waals surface area contributed by atoms with E-state index in [4.69, 9.17) is 23.6 Å². The SMILES string of the molecule is [2H]C([2H])([2H])C(=O)SCCNC(=O)CCNC(=O)[C@H](O)C(C)(C)COP(=O)(O)OP(=O)(O)OC[C@H]1O[C@@H](n2cnc3c(N)ncnc32)[C@H](O)[C@@H]1OP(=O)(O)O.[H-].[Na+]. The van der Waals surface area contributed by atoms with Gasteiger partial charge in [-0.3, -0.25) is 32.5 Å². The predicted octanol–water partition coefficient (Wildman–Crippen LogP) is -4.20. The largest absolute Gasteiger partial charge is 1.00 e. The summed E-state index contributed by atoms with van der Waals surface area (Å²) in [5.74, 6) is -1.67. The van der Waals surface area contributed by atoms with E-state index in [0.29, 0.717) is 11.8 Å². The number of aliphatic hydroxyl groups excluding tert-OH is 2. The molecule has 2 unspecified atom stereocenters. The molecule has 0 spiro atoms. The van der Waals surface area contributed by atoms with Crippen molar-refractivity contribution in [2.24, 2.45) is 5.41 Å². The number of phosphoric ester groups is 3. The molecule has 1 fully saturated rings. The van der Waals surface area contributed by atoms with Crippen LogP contribution >= 0.6 is 35.2 Å². The number of aromatic nitrogens is 4. The zero-order valence-electron chi connectivity index (χ0n) is 31.6. The number of aliphatic hydroxyl groups is 2. The zero-order chi connectivity index (χ0) is 40.9. The molecule has 0 aliphatic carbocycles. The fraction of sp³-hybridized carbons (Fsp3) is 0.652. The molecule has 0 bridgehead atoms. The van der Waals surface area contributed by atoms with E-state index in [1.165, 1.54) is 13.8 Å². The number of nitrogens with zero attached hydrogens (tertiary/aromatic N) is 4. The third kappa shape index (κ3) is 14.0. The number of nitrogens with two attached hydrogens (primary N) is 1. The number of hydrogen-bond acceptors (Lipinski definition) is 18. The molecule has 0 radical (unpaired) electrons. The molecule has 10 N–H and O–H groups in total. The van der Waals surface area contributed by atoms with Gasteiger partial charge in [-0.15, -0.1) is 0 Å². The van der Waals surface area contributed by atoms with E-state index in [1.807, 2.05) is 0 Å². The number of amides is 2. The van der Waals surface area contributed by atoms with Crippen molar-refractivity contribution >= 4 is 69.1 Å². The standard InChI is InChI=1S/C23H38N7O17P3S.Na.H/c1-12(31)51-7-6-25-14(32)4-5-26-21(35)18(34)23(2,3)9-44-50(41,42)47-49(39,40)43-8-13-17(46-48(36,37)38)16(33)22(45-13)30-11-29-15-19(24)27-10-28-20(15)30;;/h10-11,13,16-18,22,33-34H,4-9H2,1-3H3,(H,25,32)(H,26,35)(H,39,40)(H,41,42)(H2,24,27,28)(H2,36,37,38);;/q;+1;-1/t13-,16-,17-,18+,22-;;/m1../s1/i1D3;;. The van der Waals surface area contributed by atoms with Crippen molar-refractivity contribution in [1.82, 2.24) is 30.2 Å². The number of anilines is 1. The molecule has 3 heterocycles. The quantitative estimate of drug-likeness (QED) is 0.0368. The minimum atomic E-state index is -5.59. The summed E-state index contributed by atoms with van der Waals surface area (Å²) in [6.45, 7) is -2.75. The van der Waals surface area contributed by atoms with E-state index >= 15 is 0 Å². The first kappa shape index (κ1) is 41.7. The van der Waals surface area contributed by atoms with E-state index in [1.54, 1.807) is 0 Å². The molecule has 0 saturated carbocycles. The van der Waals surface area contributed by atoms with Gasteiger partial charge in [-0.2, -0.15) is 4.31 Å². The number of nitrogen functional groups attached to an aromatic ring is 1. The van der Waals surface area contributed by atoms with Gasteiger partial charge < -0.3 is 52.3 Å². The van der Waals surface area contributed by atoms with Crippen LogP contribution in [0.4, 0.5) is 5.82 Å². The van der Waals surface area contributed by atoms with Crippen molar-refractivity contribution in [3.63, 3.8) is 0 Å². The second-order valence-electron chi connectivity index (χ2n) is 11.2. The molecule has 290 valence electrons. The maximum absolute atomic E-state index is 12.6. The Bertz CT molecular complexity index is 1830. The van der Waals surface area contributed by atoms with Crippen molar-refractivity contribution in [2.45, 2.75) is 57.8 Å². The van der Waals surface area contributed by atoms with Gasteiger partial charge >= 0.3 is 53.0 Å². The number of fused-ring (bicyclic) bond motifs is 1. The van der Waals surface area contributed by atoms with Gasteiger partial charge in [0, 0.05) is 41.6 Å². The Morgan fingerprint density at radius 3 is 2.46 bits per heavy atom. The molecule has 29 heteroatoms. The van der Waals surface area contributed by atoms with E-state index in [2.05, 4.69) is 34.4 Å². The van der Waals surface area contributed by atoms with Crippen LogP contribution in [0.1, 0.15) is 38.9 Å². The zero-order valence-corrected chi connectivity index (χ0v) is 33.1. The summed E-state index contributed by atoms with van der Waals surface area (Å²) in [6, 6.07) is 0. The molecule has 2 aromatic rings. The summed E-state index contributed by atoms with van der Waals surface area (Å²) >= 11 is 0.515. The van der Waals surface area contributed by atoms with E-state index < -0.39 is 96.5 Å². The number of thioether (sulfide) groups is 1. The summed E-state index contributed by atoms with van der Waals surface area (Å²) in [5, 5.41) is 25.0. The minimum absolute atomic E-state index is 0. The molecular formula is C23H39N7NaO17P3S. The van der Waals surface area contributed by atoms with Crippen molar-refractivity contribution in [3.05, 3.63) is 12.7 Å². The Balaban J connectivity index is 0.00000784. The number of rotatable bonds is 19. The van der Waals surface area contributed by atoms with Gasteiger partial charge in [-0.1, -0.05) is 25.6 Å². The Morgan fingerprint density at radius 2 is 1.81 bits per heavy atom. The molecule has 2 aromatic heterocycles. The molecule has 7 atom stereocenters. The normalized spacial score (nSPS) is 23.3. The molecular weight excluding hydrogens is 794 g/mol. The number of phosphoric acid groups is 3. The predicted molar refractivity (Wildman–Crippen MR) is 174 cm³/mol. The van der Waals surface area contributed by atoms with Gasteiger partial charge in [0.1, 0.15) is 36.3 Å². The van der Waals surface area contributed by atoms with Crippen molar-refractivity contribution in [3.8, 4) is 0 Å². The minimum Gasteiger partial charge on any atom is -1.00 e. The Kier molecular flexibility index (Phi) is 15.6. The molecule has 1 aliphatic heterocycles. The number of carbonyl (C=O) groups is 3. The monoisotopic (exact) mass is 836 g/mol. The number of nitrogens with one attached hydrogen (secondary N) is 2. The van der Waals surface area contributed by atoms with Gasteiger partial charge in [0.15, 0.2) is 22.8 Å². The van der Waals surface area contributed by atoms with Crippen molar-refractivity contribution in [2.75, 3.05) is 37.8 Å². The number of carbonyl (C=O) groups excluding carboxylic acids is 3. The van der Waals surface area contributed by atoms with E-state index in [-0.39, 0.29) is 73.2 Å². The second kappa shape index (κ2) is 19.4. The van der Waals surface area contributed by atoms with Crippen LogP contribution in [-0.4, -0.2) is 123 Å². The van der Waals surface area contributed by atoms with Crippen LogP contribution in [-0.2, 0) is 50.7 Å². The topological polar surface area (TPSA) is 364 Å². The summed E-state index contributed by atoms with van der Waals surface area (Å²) < 4.78 is 82.8. The first-order valence-corrected chi connectivity index (χ1v) is 19.8. The van der Waals surface area contributed by atoms with Crippen LogP contribution in [0.25, 0.3) is 11.2 Å². The molecule has 1 saturated heterocycles. The second-order valence-corrected chi connectivity index (χ2v) is 16.5. The number of ether oxygens (including phenoxy) is 1. The molecule has 3 rings (SSSR count). The molecule has 52 heavy (non-hydrogen) atoms. The van der Waals surface area contributed by atoms with Gasteiger partial charge in [0.2, 0.25) is 11.8 Å². The van der Waals surface area contributed by atoms with Gasteiger partial charge in [-0.05, 0) is 0 Å². The van der Waals surface area contributed by atoms with Crippen LogP contribution in [0.15, 0.2) is 12.7 Å². The van der Waals surface area contributed by atoms with Crippen molar-refractivity contribution < 1.29 is 116 Å². The maximum atomic E-state index is 12.6. The summed E-state index contributed by atoms with van der Waals surface area (Å²) in [5.41, 5.74) is 4.18. The molecule has 2 amide bonds. The van der Waals surface area contributed by atoms with Crippen LogP contribution < -0.4 is 45.9 Å². The van der Waals surface area contributed by atoms with E-state index in [0.717, 1.165) is 17.2 Å². The van der Waals surface area contributed by atoms with E-state index in [9.17, 15) is 57.9 Å². The summed E-state index contributed by atoms with van der Waals surface area (Å²) in [7, 11) is -16.4. The Labute approximate surface area is 327 Å². The average molecular weight is 837 g/mol. The third-order valence-corrected chi connectivity index (χ3v) is 10.5. The third-order valence-electron chi connectivity index (χ3n) is 6.73. The first-order chi connectivity index (χ1) is 24.7. The maximum Gasteiger partial charge on any atom is 1.00 e. The summed E-state index contributed by atoms with van der Waals surface area (Å²) in [4.78, 5) is 86.5. The van der Waals surface area contributed by atoms with Gasteiger partial charge in [0.25, 0.3) is 0 Å². The first-order valence-electron chi connectivity index (χ1n) is 15.8. The van der Waals surface area contributed by atoms with Crippen LogP contribution in [0.5, 0.6) is 0 Å². The molecule has 0 aromatic carbocycles. The van der Waals surface area contributed by atoms with Crippen LogP contribution in [0, 0.1) is 5.41 Å².